The van der Waals surface area contributed by atoms with Crippen molar-refractivity contribution in [1.82, 2.24) is 35.8 Å². The maximum Gasteiger partial charge on any atom is 0.270 e. The monoisotopic (exact) mass is 503 g/mol. The van der Waals surface area contributed by atoms with Gasteiger partial charge in [0.25, 0.3) is 11.8 Å². The second-order valence-electron chi connectivity index (χ2n) is 8.98. The van der Waals surface area contributed by atoms with Gasteiger partial charge in [-0.25, -0.2) is 19.3 Å². The molecule has 3 N–H and O–H groups in total. The highest BCUT2D eigenvalue weighted by Crippen LogP contribution is 2.38. The maximum absolute atomic E-state index is 13.6. The van der Waals surface area contributed by atoms with Gasteiger partial charge in [-0.05, 0) is 55.0 Å². The summed E-state index contributed by atoms with van der Waals surface area (Å²) in [6, 6.07) is 5.56. The number of aromatic nitrogens is 5. The van der Waals surface area contributed by atoms with Crippen molar-refractivity contribution in [3.05, 3.63) is 88.3 Å². The second kappa shape index (κ2) is 10.3. The Morgan fingerprint density at radius 3 is 2.76 bits per heavy atom. The van der Waals surface area contributed by atoms with E-state index in [2.05, 4.69) is 47.9 Å². The van der Waals surface area contributed by atoms with E-state index >= 15 is 0 Å². The number of aromatic amines is 1. The Kier molecular flexibility index (Phi) is 6.76. The Morgan fingerprint density at radius 2 is 2.00 bits per heavy atom. The highest BCUT2D eigenvalue weighted by atomic mass is 19.1. The molecule has 1 unspecified atom stereocenters. The van der Waals surface area contributed by atoms with Gasteiger partial charge in [-0.15, -0.1) is 0 Å². The topological polar surface area (TPSA) is 135 Å². The summed E-state index contributed by atoms with van der Waals surface area (Å²) in [5.74, 6) is 0.438. The summed E-state index contributed by atoms with van der Waals surface area (Å²) in [7, 11) is 1.37. The van der Waals surface area contributed by atoms with E-state index in [1.165, 1.54) is 37.2 Å². The molecule has 2 aromatic heterocycles. The smallest absolute Gasteiger partial charge is 0.270 e. The number of carbonyl (C=O) groups is 2. The molecular weight excluding hydrogens is 477 g/mol. The number of fused-ring (bicyclic) bond motifs is 1. The first-order valence-electron chi connectivity index (χ1n) is 11.9. The highest BCUT2D eigenvalue weighted by molar-refractivity contribution is 5.97. The van der Waals surface area contributed by atoms with Gasteiger partial charge in [0, 0.05) is 18.5 Å². The Labute approximate surface area is 212 Å². The quantitative estimate of drug-likeness (QED) is 0.451. The van der Waals surface area contributed by atoms with Crippen molar-refractivity contribution in [1.29, 1.82) is 0 Å². The summed E-state index contributed by atoms with van der Waals surface area (Å²) in [5.41, 5.74) is 3.13. The van der Waals surface area contributed by atoms with E-state index in [1.54, 1.807) is 6.07 Å². The summed E-state index contributed by atoms with van der Waals surface area (Å²) in [6.45, 7) is 2.01. The van der Waals surface area contributed by atoms with Crippen molar-refractivity contribution >= 4 is 11.8 Å². The van der Waals surface area contributed by atoms with Crippen LogP contribution in [0, 0.1) is 12.7 Å². The molecule has 2 amide bonds. The van der Waals surface area contributed by atoms with Gasteiger partial charge in [-0.2, -0.15) is 5.10 Å². The van der Waals surface area contributed by atoms with Crippen LogP contribution in [-0.2, 0) is 6.54 Å². The number of H-pyrrole nitrogens is 1. The van der Waals surface area contributed by atoms with Crippen molar-refractivity contribution in [3.63, 3.8) is 0 Å². The number of aryl methyl sites for hydroxylation is 1. The van der Waals surface area contributed by atoms with Crippen LogP contribution in [0.15, 0.2) is 53.9 Å². The lowest BCUT2D eigenvalue weighted by molar-refractivity contribution is 0.0938. The van der Waals surface area contributed by atoms with Gasteiger partial charge >= 0.3 is 0 Å². The summed E-state index contributed by atoms with van der Waals surface area (Å²) in [4.78, 5) is 38.1. The number of hydrogen-bond donors (Lipinski definition) is 3. The molecule has 190 valence electrons. The molecule has 0 bridgehead atoms. The molecule has 2 atom stereocenters. The average Bonchev–Trinajstić information content (AvgIpc) is 3.53. The lowest BCUT2D eigenvalue weighted by Gasteiger charge is -2.20. The van der Waals surface area contributed by atoms with E-state index in [-0.39, 0.29) is 41.5 Å². The van der Waals surface area contributed by atoms with Crippen molar-refractivity contribution < 1.29 is 18.7 Å². The van der Waals surface area contributed by atoms with Gasteiger partial charge in [0.15, 0.2) is 17.4 Å². The first-order chi connectivity index (χ1) is 17.9. The molecule has 37 heavy (non-hydrogen) atoms. The zero-order valence-corrected chi connectivity index (χ0v) is 20.4. The number of benzene rings is 1. The Morgan fingerprint density at radius 1 is 1.19 bits per heavy atom. The lowest BCUT2D eigenvalue weighted by atomic mass is 9.90. The summed E-state index contributed by atoms with van der Waals surface area (Å²) in [6.07, 6.45) is 7.92. The molecule has 0 saturated heterocycles. The number of amides is 2. The number of methoxy groups -OCH3 is 1. The third kappa shape index (κ3) is 5.25. The van der Waals surface area contributed by atoms with Crippen LogP contribution in [0.4, 0.5) is 4.39 Å². The van der Waals surface area contributed by atoms with Crippen LogP contribution in [-0.4, -0.2) is 50.1 Å². The Hall–Kier alpha value is -4.41. The molecule has 0 radical (unpaired) electrons. The fraction of sp³-hybridized carbons (Fsp3) is 0.308. The summed E-state index contributed by atoms with van der Waals surface area (Å²) < 4.78 is 18.6. The van der Waals surface area contributed by atoms with Crippen LogP contribution in [0.25, 0.3) is 0 Å². The number of carbonyl (C=O) groups excluding carboxylic acids is 2. The van der Waals surface area contributed by atoms with Crippen LogP contribution in [0.1, 0.15) is 63.4 Å². The number of hydrogen-bond acceptors (Lipinski definition) is 7. The van der Waals surface area contributed by atoms with Crippen molar-refractivity contribution in [2.24, 2.45) is 0 Å². The molecule has 1 fully saturated rings. The molecule has 5 rings (SSSR count). The molecule has 1 saturated carbocycles. The molecule has 10 nitrogen and oxygen atoms in total. The standard InChI is InChI=1S/C26H26FN7O3/c1-14-31-24(34-33-14)17-4-6-18-16(10-17)5-8-20(18)32-26(36)22-11-21(29-13-30-22)25(35)28-12-15-3-7-19(27)23(9-15)37-2/h3,6-7,9-11,13,17,20H,4-5,8,12H2,1-2H3,(H,28,35)(H,32,36)(H,31,33,34)/t17?,20-/m0/s1. The molecule has 0 spiro atoms. The fourth-order valence-corrected chi connectivity index (χ4v) is 4.62. The minimum atomic E-state index is -0.484. The van der Waals surface area contributed by atoms with Crippen LogP contribution >= 0.6 is 0 Å². The van der Waals surface area contributed by atoms with E-state index in [4.69, 9.17) is 4.74 Å². The molecule has 2 aliphatic rings. The predicted molar refractivity (Wildman–Crippen MR) is 131 cm³/mol. The summed E-state index contributed by atoms with van der Waals surface area (Å²) in [5, 5.41) is 12.9. The molecule has 3 aromatic rings. The number of allylic oxidation sites excluding steroid dienone is 2. The van der Waals surface area contributed by atoms with Crippen molar-refractivity contribution in [3.8, 4) is 5.75 Å². The Balaban J connectivity index is 1.21. The third-order valence-corrected chi connectivity index (χ3v) is 6.50. The van der Waals surface area contributed by atoms with Gasteiger partial charge in [0.1, 0.15) is 23.5 Å². The van der Waals surface area contributed by atoms with Crippen LogP contribution < -0.4 is 15.4 Å². The number of rotatable bonds is 7. The van der Waals surface area contributed by atoms with E-state index in [1.807, 2.05) is 6.92 Å². The van der Waals surface area contributed by atoms with Gasteiger partial charge < -0.3 is 15.4 Å². The minimum absolute atomic E-state index is 0.0581. The molecule has 2 heterocycles. The normalized spacial score (nSPS) is 18.5. The molecule has 11 heteroatoms. The first kappa shape index (κ1) is 24.3. The van der Waals surface area contributed by atoms with Crippen LogP contribution in [0.3, 0.4) is 0 Å². The van der Waals surface area contributed by atoms with Gasteiger partial charge in [0.05, 0.1) is 13.2 Å². The van der Waals surface area contributed by atoms with Crippen LogP contribution in [0.2, 0.25) is 0 Å². The molecule has 2 aliphatic carbocycles. The van der Waals surface area contributed by atoms with Crippen molar-refractivity contribution in [2.45, 2.75) is 44.7 Å². The lowest BCUT2D eigenvalue weighted by Crippen LogP contribution is -2.35. The number of nitrogens with one attached hydrogen (secondary N) is 3. The van der Waals surface area contributed by atoms with E-state index in [0.717, 1.165) is 36.5 Å². The SMILES string of the molecule is COc1cc(CNC(=O)c2cc(C(=O)N[C@H]3CCC4=CC(c5n[nH]c(C)n5)CC=C43)ncn2)ccc1F. The van der Waals surface area contributed by atoms with E-state index in [0.29, 0.717) is 5.56 Å². The fourth-order valence-electron chi connectivity index (χ4n) is 4.62. The zero-order chi connectivity index (χ0) is 25.9. The largest absolute Gasteiger partial charge is 0.494 e. The summed E-state index contributed by atoms with van der Waals surface area (Å²) >= 11 is 0. The molecular formula is C26H26FN7O3. The minimum Gasteiger partial charge on any atom is -0.494 e. The second-order valence-corrected chi connectivity index (χ2v) is 8.98. The van der Waals surface area contributed by atoms with Gasteiger partial charge in [-0.1, -0.05) is 18.2 Å². The number of nitrogens with zero attached hydrogens (tertiary/aromatic N) is 4. The number of ether oxygens (including phenoxy) is 1. The van der Waals surface area contributed by atoms with E-state index in [9.17, 15) is 14.0 Å². The average molecular weight is 504 g/mol. The maximum atomic E-state index is 13.6. The third-order valence-electron chi connectivity index (χ3n) is 6.50. The first-order valence-corrected chi connectivity index (χ1v) is 11.9. The van der Waals surface area contributed by atoms with Crippen molar-refractivity contribution in [2.75, 3.05) is 7.11 Å². The predicted octanol–water partition coefficient (Wildman–Crippen LogP) is 2.91. The van der Waals surface area contributed by atoms with Gasteiger partial charge in [0.2, 0.25) is 0 Å². The van der Waals surface area contributed by atoms with Gasteiger partial charge in [-0.3, -0.25) is 14.7 Å². The Bertz CT molecular complexity index is 1410. The molecule has 1 aromatic carbocycles. The van der Waals surface area contributed by atoms with Crippen LogP contribution in [0.5, 0.6) is 5.75 Å². The molecule has 0 aliphatic heterocycles. The highest BCUT2D eigenvalue weighted by Gasteiger charge is 2.31. The zero-order valence-electron chi connectivity index (χ0n) is 20.4. The van der Waals surface area contributed by atoms with E-state index < -0.39 is 11.7 Å². The number of halogens is 1.